The first-order chi connectivity index (χ1) is 12.2. The number of rotatable bonds is 8. The van der Waals surface area contributed by atoms with E-state index in [0.29, 0.717) is 0 Å². The van der Waals surface area contributed by atoms with Crippen LogP contribution in [0.1, 0.15) is 33.1 Å². The van der Waals surface area contributed by atoms with Gasteiger partial charge in [0.25, 0.3) is 0 Å². The van der Waals surface area contributed by atoms with Gasteiger partial charge < -0.3 is 20.4 Å². The van der Waals surface area contributed by atoms with Gasteiger partial charge in [-0.05, 0) is 51.4 Å². The highest BCUT2D eigenvalue weighted by Crippen LogP contribution is 2.15. The minimum atomic E-state index is 0. The van der Waals surface area contributed by atoms with Crippen LogP contribution < -0.4 is 10.6 Å². The number of nitrogens with one attached hydrogen (secondary N) is 2. The lowest BCUT2D eigenvalue weighted by Crippen LogP contribution is -2.49. The molecule has 0 amide bonds. The highest BCUT2D eigenvalue weighted by atomic mass is 127. The first kappa shape index (κ1) is 23.9. The molecule has 154 valence electrons. The Labute approximate surface area is 178 Å². The topological polar surface area (TPSA) is 46.1 Å². The third-order valence-corrected chi connectivity index (χ3v) is 5.68. The van der Waals surface area contributed by atoms with E-state index in [4.69, 9.17) is 0 Å². The molecule has 2 saturated heterocycles. The van der Waals surface area contributed by atoms with E-state index in [1.807, 2.05) is 7.05 Å². The second-order valence-corrected chi connectivity index (χ2v) is 7.58. The van der Waals surface area contributed by atoms with Gasteiger partial charge in [-0.1, -0.05) is 13.8 Å². The molecule has 7 heteroatoms. The van der Waals surface area contributed by atoms with E-state index in [1.54, 1.807) is 0 Å². The lowest BCUT2D eigenvalue weighted by atomic mass is 9.99. The normalized spacial score (nSPS) is 21.4. The zero-order chi connectivity index (χ0) is 17.9. The molecule has 0 unspecified atom stereocenters. The lowest BCUT2D eigenvalue weighted by molar-refractivity contribution is 0.139. The van der Waals surface area contributed by atoms with Gasteiger partial charge in [0.1, 0.15) is 0 Å². The van der Waals surface area contributed by atoms with Crippen molar-refractivity contribution >= 4 is 29.9 Å². The number of likely N-dealkylation sites (N-methyl/N-ethyl adjacent to an activating group) is 1. The molecule has 0 atom stereocenters. The van der Waals surface area contributed by atoms with E-state index in [0.717, 1.165) is 31.5 Å². The molecular weight excluding hydrogens is 439 g/mol. The first-order valence-electron chi connectivity index (χ1n) is 10.3. The van der Waals surface area contributed by atoms with Crippen LogP contribution in [0.25, 0.3) is 0 Å². The Morgan fingerprint density at radius 3 is 2.08 bits per heavy atom. The van der Waals surface area contributed by atoms with Gasteiger partial charge in [-0.2, -0.15) is 0 Å². The van der Waals surface area contributed by atoms with Gasteiger partial charge in [0.15, 0.2) is 5.96 Å². The number of guanidine groups is 1. The maximum absolute atomic E-state index is 4.34. The summed E-state index contributed by atoms with van der Waals surface area (Å²) in [4.78, 5) is 12.0. The fourth-order valence-electron chi connectivity index (χ4n) is 3.68. The van der Waals surface area contributed by atoms with E-state index in [2.05, 4.69) is 44.2 Å². The fraction of sp³-hybridized carbons (Fsp3) is 0.947. The van der Waals surface area contributed by atoms with Gasteiger partial charge in [-0.15, -0.1) is 24.0 Å². The summed E-state index contributed by atoms with van der Waals surface area (Å²) in [6, 6.07) is 0. The molecule has 2 aliphatic rings. The Balaban J connectivity index is 0.00000338. The zero-order valence-corrected chi connectivity index (χ0v) is 19.5. The second-order valence-electron chi connectivity index (χ2n) is 7.58. The van der Waals surface area contributed by atoms with Crippen LogP contribution in [0.15, 0.2) is 4.99 Å². The zero-order valence-electron chi connectivity index (χ0n) is 17.2. The summed E-state index contributed by atoms with van der Waals surface area (Å²) in [6.07, 6.45) is 3.92. The number of nitrogens with zero attached hydrogens (tertiary/aromatic N) is 4. The van der Waals surface area contributed by atoms with E-state index in [-0.39, 0.29) is 24.0 Å². The maximum Gasteiger partial charge on any atom is 0.191 e. The Hall–Kier alpha value is -0.120. The van der Waals surface area contributed by atoms with Crippen molar-refractivity contribution in [3.05, 3.63) is 0 Å². The van der Waals surface area contributed by atoms with Gasteiger partial charge in [0.2, 0.25) is 0 Å². The Kier molecular flexibility index (Phi) is 12.8. The van der Waals surface area contributed by atoms with Crippen molar-refractivity contribution in [1.29, 1.82) is 0 Å². The van der Waals surface area contributed by atoms with Gasteiger partial charge in [-0.3, -0.25) is 9.89 Å². The smallest absolute Gasteiger partial charge is 0.191 e. The number of likely N-dealkylation sites (tertiary alicyclic amines) is 1. The molecule has 2 heterocycles. The van der Waals surface area contributed by atoms with Crippen molar-refractivity contribution in [1.82, 2.24) is 25.3 Å². The number of piperazine rings is 1. The second kappa shape index (κ2) is 14.0. The van der Waals surface area contributed by atoms with Crippen LogP contribution in [-0.4, -0.2) is 99.7 Å². The summed E-state index contributed by atoms with van der Waals surface area (Å²) >= 11 is 0. The van der Waals surface area contributed by atoms with Gasteiger partial charge >= 0.3 is 0 Å². The molecule has 2 aliphatic heterocycles. The van der Waals surface area contributed by atoms with E-state index in [1.165, 1.54) is 71.6 Å². The van der Waals surface area contributed by atoms with Crippen LogP contribution in [0.5, 0.6) is 0 Å². The van der Waals surface area contributed by atoms with Gasteiger partial charge in [0, 0.05) is 52.9 Å². The molecular formula is C19H41IN6. The monoisotopic (exact) mass is 480 g/mol. The van der Waals surface area contributed by atoms with Crippen LogP contribution in [0.2, 0.25) is 0 Å². The van der Waals surface area contributed by atoms with Gasteiger partial charge in [0.05, 0.1) is 0 Å². The number of aliphatic imine (C=N–C) groups is 1. The third-order valence-electron chi connectivity index (χ3n) is 5.68. The van der Waals surface area contributed by atoms with Crippen molar-refractivity contribution < 1.29 is 0 Å². The summed E-state index contributed by atoms with van der Waals surface area (Å²) < 4.78 is 0. The van der Waals surface area contributed by atoms with Crippen LogP contribution >= 0.6 is 24.0 Å². The molecule has 2 rings (SSSR count). The molecule has 0 bridgehead atoms. The maximum atomic E-state index is 4.34. The molecule has 0 radical (unpaired) electrons. The lowest BCUT2D eigenvalue weighted by Gasteiger charge is -2.34. The Morgan fingerprint density at radius 1 is 0.885 bits per heavy atom. The number of hydrogen-bond donors (Lipinski definition) is 2. The molecule has 0 aromatic heterocycles. The summed E-state index contributed by atoms with van der Waals surface area (Å²) in [5.74, 6) is 1.86. The fourth-order valence-corrected chi connectivity index (χ4v) is 3.68. The summed E-state index contributed by atoms with van der Waals surface area (Å²) in [5.41, 5.74) is 0. The average Bonchev–Trinajstić information content (AvgIpc) is 2.65. The predicted octanol–water partition coefficient (Wildman–Crippen LogP) is 1.53. The predicted molar refractivity (Wildman–Crippen MR) is 123 cm³/mol. The van der Waals surface area contributed by atoms with Crippen molar-refractivity contribution in [3.63, 3.8) is 0 Å². The summed E-state index contributed by atoms with van der Waals surface area (Å²) in [5, 5.41) is 6.91. The summed E-state index contributed by atoms with van der Waals surface area (Å²) in [6.45, 7) is 17.4. The van der Waals surface area contributed by atoms with E-state index in [9.17, 15) is 0 Å². The van der Waals surface area contributed by atoms with Crippen LogP contribution in [0, 0.1) is 5.92 Å². The molecule has 2 N–H and O–H groups in total. The van der Waals surface area contributed by atoms with Crippen molar-refractivity contribution in [2.45, 2.75) is 33.1 Å². The summed E-state index contributed by atoms with van der Waals surface area (Å²) in [7, 11) is 1.86. The largest absolute Gasteiger partial charge is 0.356 e. The highest BCUT2D eigenvalue weighted by molar-refractivity contribution is 14.0. The van der Waals surface area contributed by atoms with Crippen LogP contribution in [0.4, 0.5) is 0 Å². The molecule has 2 fully saturated rings. The molecule has 0 aliphatic carbocycles. The van der Waals surface area contributed by atoms with Crippen molar-refractivity contribution in [2.24, 2.45) is 10.9 Å². The number of halogens is 1. The number of hydrogen-bond acceptors (Lipinski definition) is 4. The standard InChI is InChI=1S/C19H40N6.HI/c1-4-23-14-16-25(17-15-23)13-9-22-19(20-3)21-8-5-10-24-11-6-18(2)7-12-24;/h18H,4-17H2,1-3H3,(H2,20,21,22);1H. The van der Waals surface area contributed by atoms with E-state index < -0.39 is 0 Å². The molecule has 0 saturated carbocycles. The molecule has 0 aromatic carbocycles. The minimum absolute atomic E-state index is 0. The molecule has 0 spiro atoms. The van der Waals surface area contributed by atoms with Crippen molar-refractivity contribution in [3.8, 4) is 0 Å². The molecule has 6 nitrogen and oxygen atoms in total. The first-order valence-corrected chi connectivity index (χ1v) is 10.3. The average molecular weight is 480 g/mol. The Bertz CT molecular complexity index is 376. The van der Waals surface area contributed by atoms with E-state index >= 15 is 0 Å². The molecule has 26 heavy (non-hydrogen) atoms. The Morgan fingerprint density at radius 2 is 1.46 bits per heavy atom. The minimum Gasteiger partial charge on any atom is -0.356 e. The van der Waals surface area contributed by atoms with Crippen LogP contribution in [-0.2, 0) is 0 Å². The van der Waals surface area contributed by atoms with Gasteiger partial charge in [-0.25, -0.2) is 0 Å². The van der Waals surface area contributed by atoms with Crippen LogP contribution in [0.3, 0.4) is 0 Å². The number of piperidine rings is 1. The SMILES string of the molecule is CCN1CCN(CCNC(=NC)NCCCN2CCC(C)CC2)CC1.I. The molecule has 0 aromatic rings. The third kappa shape index (κ3) is 9.19. The van der Waals surface area contributed by atoms with Crippen molar-refractivity contribution in [2.75, 3.05) is 79.0 Å². The highest BCUT2D eigenvalue weighted by Gasteiger charge is 2.15. The quantitative estimate of drug-likeness (QED) is 0.239.